The van der Waals surface area contributed by atoms with E-state index < -0.39 is 0 Å². The summed E-state index contributed by atoms with van der Waals surface area (Å²) in [7, 11) is 3.35. The van der Waals surface area contributed by atoms with Crippen molar-refractivity contribution in [2.24, 2.45) is 0 Å². The molecule has 4 rings (SSSR count). The molecule has 0 atom stereocenters. The summed E-state index contributed by atoms with van der Waals surface area (Å²) in [4.78, 5) is 0. The molecule has 5 nitrogen and oxygen atoms in total. The lowest BCUT2D eigenvalue weighted by molar-refractivity contribution is 0.397. The lowest BCUT2D eigenvalue weighted by atomic mass is 10.0. The molecule has 0 fully saturated rings. The van der Waals surface area contributed by atoms with Crippen molar-refractivity contribution >= 4 is 17.4 Å². The SMILES string of the molecule is COc1cccc(OC)c1-c1nn(-c2cccc(Cl)c2C)c2c1CCCCN2. The third-order valence-corrected chi connectivity index (χ3v) is 5.67. The Morgan fingerprint density at radius 2 is 1.75 bits per heavy atom. The number of nitrogens with one attached hydrogen (secondary N) is 1. The average Bonchev–Trinajstić information content (AvgIpc) is 2.89. The molecule has 6 heteroatoms. The van der Waals surface area contributed by atoms with E-state index in [1.54, 1.807) is 14.2 Å². The Kier molecular flexibility index (Phi) is 5.18. The molecule has 0 bridgehead atoms. The molecule has 0 unspecified atom stereocenters. The molecule has 146 valence electrons. The summed E-state index contributed by atoms with van der Waals surface area (Å²) in [6.45, 7) is 2.94. The van der Waals surface area contributed by atoms with Gasteiger partial charge in [-0.25, -0.2) is 4.68 Å². The smallest absolute Gasteiger partial charge is 0.133 e. The topological polar surface area (TPSA) is 48.3 Å². The highest BCUT2D eigenvalue weighted by atomic mass is 35.5. The predicted octanol–water partition coefficient (Wildman–Crippen LogP) is 5.27. The van der Waals surface area contributed by atoms with Crippen LogP contribution in [0.5, 0.6) is 11.5 Å². The summed E-state index contributed by atoms with van der Waals surface area (Å²) in [6.07, 6.45) is 3.16. The van der Waals surface area contributed by atoms with Crippen LogP contribution in [0.15, 0.2) is 36.4 Å². The van der Waals surface area contributed by atoms with Crippen molar-refractivity contribution in [3.63, 3.8) is 0 Å². The van der Waals surface area contributed by atoms with Gasteiger partial charge in [-0.3, -0.25) is 0 Å². The first kappa shape index (κ1) is 18.7. The normalized spacial score (nSPS) is 13.4. The molecule has 2 aromatic carbocycles. The summed E-state index contributed by atoms with van der Waals surface area (Å²) in [5.41, 5.74) is 4.92. The van der Waals surface area contributed by atoms with Gasteiger partial charge in [-0.15, -0.1) is 0 Å². The maximum absolute atomic E-state index is 6.40. The van der Waals surface area contributed by atoms with Gasteiger partial charge in [0.1, 0.15) is 23.0 Å². The van der Waals surface area contributed by atoms with Crippen LogP contribution in [0, 0.1) is 6.92 Å². The van der Waals surface area contributed by atoms with Crippen LogP contribution < -0.4 is 14.8 Å². The molecule has 0 aliphatic carbocycles. The fraction of sp³-hybridized carbons (Fsp3) is 0.318. The number of methoxy groups -OCH3 is 2. The minimum absolute atomic E-state index is 0.729. The lowest BCUT2D eigenvalue weighted by Gasteiger charge is -2.12. The van der Waals surface area contributed by atoms with Crippen molar-refractivity contribution in [3.05, 3.63) is 52.5 Å². The first-order valence-electron chi connectivity index (χ1n) is 9.48. The molecule has 28 heavy (non-hydrogen) atoms. The van der Waals surface area contributed by atoms with Crippen molar-refractivity contribution in [1.82, 2.24) is 9.78 Å². The van der Waals surface area contributed by atoms with Gasteiger partial charge in [-0.05, 0) is 56.0 Å². The highest BCUT2D eigenvalue weighted by Crippen LogP contribution is 2.43. The molecule has 0 saturated carbocycles. The molecular weight excluding hydrogens is 374 g/mol. The number of nitrogens with zero attached hydrogens (tertiary/aromatic N) is 2. The second kappa shape index (κ2) is 7.76. The van der Waals surface area contributed by atoms with Crippen LogP contribution in [0.25, 0.3) is 16.9 Å². The standard InChI is InChI=1S/C22H24ClN3O2/c1-14-16(23)9-6-10-17(14)26-22-15(8-4-5-13-24-22)21(25-26)20-18(27-2)11-7-12-19(20)28-3/h6-7,9-12,24H,4-5,8,13H2,1-3H3. The van der Waals surface area contributed by atoms with E-state index in [1.165, 1.54) is 5.56 Å². The van der Waals surface area contributed by atoms with Crippen LogP contribution >= 0.6 is 11.6 Å². The molecule has 3 aromatic rings. The van der Waals surface area contributed by atoms with Gasteiger partial charge in [-0.1, -0.05) is 23.7 Å². The van der Waals surface area contributed by atoms with Gasteiger partial charge < -0.3 is 14.8 Å². The zero-order valence-electron chi connectivity index (χ0n) is 16.4. The van der Waals surface area contributed by atoms with Gasteiger partial charge in [0.05, 0.1) is 25.5 Å². The van der Waals surface area contributed by atoms with Crippen LogP contribution in [0.1, 0.15) is 24.0 Å². The summed E-state index contributed by atoms with van der Waals surface area (Å²) < 4.78 is 13.3. The van der Waals surface area contributed by atoms with E-state index in [9.17, 15) is 0 Å². The molecule has 0 amide bonds. The molecule has 0 spiro atoms. The molecule has 1 N–H and O–H groups in total. The van der Waals surface area contributed by atoms with Crippen LogP contribution in [-0.4, -0.2) is 30.5 Å². The Balaban J connectivity index is 2.01. The quantitative estimate of drug-likeness (QED) is 0.651. The first-order chi connectivity index (χ1) is 13.7. The van der Waals surface area contributed by atoms with Crippen LogP contribution in [0.2, 0.25) is 5.02 Å². The van der Waals surface area contributed by atoms with Crippen molar-refractivity contribution < 1.29 is 9.47 Å². The van der Waals surface area contributed by atoms with Crippen LogP contribution in [0.4, 0.5) is 5.82 Å². The minimum atomic E-state index is 0.729. The number of hydrogen-bond acceptors (Lipinski definition) is 4. The number of ether oxygens (including phenoxy) is 2. The molecule has 0 saturated heterocycles. The zero-order chi connectivity index (χ0) is 19.7. The van der Waals surface area contributed by atoms with Gasteiger partial charge in [0.2, 0.25) is 0 Å². The summed E-state index contributed by atoms with van der Waals surface area (Å²) in [6, 6.07) is 11.7. The van der Waals surface area contributed by atoms with E-state index in [0.29, 0.717) is 0 Å². The van der Waals surface area contributed by atoms with Crippen molar-refractivity contribution in [2.75, 3.05) is 26.1 Å². The van der Waals surface area contributed by atoms with Crippen molar-refractivity contribution in [3.8, 4) is 28.4 Å². The Morgan fingerprint density at radius 1 is 1.04 bits per heavy atom. The Morgan fingerprint density at radius 3 is 2.46 bits per heavy atom. The average molecular weight is 398 g/mol. The molecule has 1 aliphatic rings. The summed E-state index contributed by atoms with van der Waals surface area (Å²) in [5, 5.41) is 9.34. The minimum Gasteiger partial charge on any atom is -0.496 e. The van der Waals surface area contributed by atoms with E-state index in [4.69, 9.17) is 26.2 Å². The fourth-order valence-electron chi connectivity index (χ4n) is 3.79. The van der Waals surface area contributed by atoms with Gasteiger partial charge >= 0.3 is 0 Å². The maximum Gasteiger partial charge on any atom is 0.133 e. The summed E-state index contributed by atoms with van der Waals surface area (Å²) >= 11 is 6.40. The van der Waals surface area contributed by atoms with Gasteiger partial charge in [0.15, 0.2) is 0 Å². The molecule has 0 radical (unpaired) electrons. The predicted molar refractivity (Wildman–Crippen MR) is 113 cm³/mol. The Bertz CT molecular complexity index is 991. The van der Waals surface area contributed by atoms with Crippen molar-refractivity contribution in [1.29, 1.82) is 0 Å². The third kappa shape index (κ3) is 3.10. The van der Waals surface area contributed by atoms with E-state index >= 15 is 0 Å². The first-order valence-corrected chi connectivity index (χ1v) is 9.86. The fourth-order valence-corrected chi connectivity index (χ4v) is 3.96. The third-order valence-electron chi connectivity index (χ3n) is 5.26. The largest absolute Gasteiger partial charge is 0.496 e. The Hall–Kier alpha value is -2.66. The van der Waals surface area contributed by atoms with Gasteiger partial charge in [0.25, 0.3) is 0 Å². The van der Waals surface area contributed by atoms with Crippen molar-refractivity contribution in [2.45, 2.75) is 26.2 Å². The molecule has 1 aliphatic heterocycles. The highest BCUT2D eigenvalue weighted by molar-refractivity contribution is 6.31. The van der Waals surface area contributed by atoms with Crippen LogP contribution in [-0.2, 0) is 6.42 Å². The van der Waals surface area contributed by atoms with E-state index in [1.807, 2.05) is 48.0 Å². The van der Waals surface area contributed by atoms with E-state index in [2.05, 4.69) is 5.32 Å². The molecule has 2 heterocycles. The second-order valence-corrected chi connectivity index (χ2v) is 7.30. The number of aromatic nitrogens is 2. The van der Waals surface area contributed by atoms with E-state index in [0.717, 1.165) is 70.7 Å². The van der Waals surface area contributed by atoms with Crippen LogP contribution in [0.3, 0.4) is 0 Å². The zero-order valence-corrected chi connectivity index (χ0v) is 17.1. The molecular formula is C22H24ClN3O2. The monoisotopic (exact) mass is 397 g/mol. The Labute approximate surface area is 170 Å². The number of fused-ring (bicyclic) bond motifs is 1. The number of anilines is 1. The van der Waals surface area contributed by atoms with Gasteiger partial charge in [0, 0.05) is 17.1 Å². The summed E-state index contributed by atoms with van der Waals surface area (Å²) in [5.74, 6) is 2.52. The number of benzene rings is 2. The number of rotatable bonds is 4. The number of halogens is 1. The van der Waals surface area contributed by atoms with E-state index in [-0.39, 0.29) is 0 Å². The highest BCUT2D eigenvalue weighted by Gasteiger charge is 2.26. The lowest BCUT2D eigenvalue weighted by Crippen LogP contribution is -2.08. The molecule has 1 aromatic heterocycles. The van der Waals surface area contributed by atoms with Gasteiger partial charge in [-0.2, -0.15) is 5.10 Å². The number of hydrogen-bond donors (Lipinski definition) is 1. The maximum atomic E-state index is 6.40. The second-order valence-electron chi connectivity index (χ2n) is 6.89.